The summed E-state index contributed by atoms with van der Waals surface area (Å²) in [5.41, 5.74) is 1.24. The number of carbonyl (C=O) groups excluding carboxylic acids is 1. The highest BCUT2D eigenvalue weighted by Gasteiger charge is 2.15. The number of methoxy groups -OCH3 is 1. The van der Waals surface area contributed by atoms with E-state index < -0.39 is 5.91 Å². The fourth-order valence-corrected chi connectivity index (χ4v) is 2.63. The van der Waals surface area contributed by atoms with E-state index >= 15 is 0 Å². The van der Waals surface area contributed by atoms with Gasteiger partial charge in [0.1, 0.15) is 12.0 Å². The van der Waals surface area contributed by atoms with E-state index in [1.807, 2.05) is 0 Å². The molecule has 3 rings (SSSR count). The van der Waals surface area contributed by atoms with E-state index in [0.29, 0.717) is 32.1 Å². The van der Waals surface area contributed by atoms with Crippen LogP contribution in [0.3, 0.4) is 0 Å². The molecule has 25 heavy (non-hydrogen) atoms. The summed E-state index contributed by atoms with van der Waals surface area (Å²) in [5.74, 6) is 0.343. The van der Waals surface area contributed by atoms with Gasteiger partial charge >= 0.3 is 0 Å². The first-order chi connectivity index (χ1) is 12.0. The first-order valence-corrected chi connectivity index (χ1v) is 8.17. The molecule has 0 atom stereocenters. The topological polar surface area (TPSA) is 64.4 Å². The summed E-state index contributed by atoms with van der Waals surface area (Å²) in [7, 11) is 1.51. The van der Waals surface area contributed by atoms with Crippen molar-refractivity contribution < 1.29 is 13.9 Å². The fraction of sp³-hybridized carbons (Fsp3) is 0.0588. The van der Waals surface area contributed by atoms with Gasteiger partial charge in [-0.3, -0.25) is 4.79 Å². The van der Waals surface area contributed by atoms with Crippen LogP contribution in [0.1, 0.15) is 10.5 Å². The highest BCUT2D eigenvalue weighted by Crippen LogP contribution is 2.29. The molecule has 0 aliphatic carbocycles. The lowest BCUT2D eigenvalue weighted by molar-refractivity contribution is 0.102. The van der Waals surface area contributed by atoms with Crippen molar-refractivity contribution in [1.29, 1.82) is 0 Å². The summed E-state index contributed by atoms with van der Waals surface area (Å²) in [6, 6.07) is 9.84. The van der Waals surface area contributed by atoms with Gasteiger partial charge in [0.15, 0.2) is 5.69 Å². The second-order valence-corrected chi connectivity index (χ2v) is 6.19. The third kappa shape index (κ3) is 3.90. The third-order valence-electron chi connectivity index (χ3n) is 3.31. The molecule has 3 aromatic rings. The Bertz CT molecular complexity index is 941. The van der Waals surface area contributed by atoms with Crippen LogP contribution in [0.15, 0.2) is 47.1 Å². The van der Waals surface area contributed by atoms with Crippen molar-refractivity contribution in [2.24, 2.45) is 0 Å². The number of benzene rings is 2. The molecule has 0 aliphatic rings. The molecule has 0 unspecified atom stereocenters. The molecule has 8 heteroatoms. The smallest absolute Gasteiger partial charge is 0.277 e. The lowest BCUT2D eigenvalue weighted by Crippen LogP contribution is -2.12. The quantitative estimate of drug-likeness (QED) is 0.625. The van der Waals surface area contributed by atoms with E-state index in [4.69, 9.17) is 44.0 Å². The Kier molecular flexibility index (Phi) is 5.18. The van der Waals surface area contributed by atoms with Crippen LogP contribution < -0.4 is 10.1 Å². The standard InChI is InChI=1S/C17H11Cl3N2O3/c1-24-15-5-3-10(7-13(15)20)21-16(23)14-8-25-17(22-14)9-2-4-11(18)12(19)6-9/h2-8H,1H3,(H,21,23). The molecule has 5 nitrogen and oxygen atoms in total. The van der Waals surface area contributed by atoms with Crippen molar-refractivity contribution in [2.45, 2.75) is 0 Å². The van der Waals surface area contributed by atoms with Gasteiger partial charge in [-0.15, -0.1) is 0 Å². The molecule has 0 fully saturated rings. The molecule has 1 heterocycles. The van der Waals surface area contributed by atoms with Crippen LogP contribution in [0.4, 0.5) is 5.69 Å². The lowest BCUT2D eigenvalue weighted by atomic mass is 10.2. The number of ether oxygens (including phenoxy) is 1. The molecule has 2 aromatic carbocycles. The number of halogens is 3. The normalized spacial score (nSPS) is 10.6. The predicted molar refractivity (Wildman–Crippen MR) is 97.9 cm³/mol. The maximum atomic E-state index is 12.3. The number of aromatic nitrogens is 1. The summed E-state index contributed by atoms with van der Waals surface area (Å²) >= 11 is 17.9. The molecular weight excluding hydrogens is 387 g/mol. The highest BCUT2D eigenvalue weighted by atomic mass is 35.5. The highest BCUT2D eigenvalue weighted by molar-refractivity contribution is 6.42. The number of nitrogens with zero attached hydrogens (tertiary/aromatic N) is 1. The number of carbonyl (C=O) groups is 1. The number of anilines is 1. The molecule has 1 aromatic heterocycles. The van der Waals surface area contributed by atoms with E-state index in [9.17, 15) is 4.79 Å². The van der Waals surface area contributed by atoms with Gasteiger partial charge < -0.3 is 14.5 Å². The van der Waals surface area contributed by atoms with Crippen molar-refractivity contribution >= 4 is 46.4 Å². The zero-order valence-corrected chi connectivity index (χ0v) is 15.1. The number of hydrogen-bond donors (Lipinski definition) is 1. The van der Waals surface area contributed by atoms with Crippen LogP contribution in [-0.2, 0) is 0 Å². The third-order valence-corrected chi connectivity index (χ3v) is 4.35. The molecule has 1 N–H and O–H groups in total. The van der Waals surface area contributed by atoms with Crippen LogP contribution in [0.2, 0.25) is 15.1 Å². The Labute approximate surface area is 158 Å². The molecule has 0 bridgehead atoms. The van der Waals surface area contributed by atoms with Gasteiger partial charge in [-0.2, -0.15) is 0 Å². The van der Waals surface area contributed by atoms with Crippen molar-refractivity contribution in [1.82, 2.24) is 4.98 Å². The first kappa shape index (κ1) is 17.6. The molecule has 1 amide bonds. The van der Waals surface area contributed by atoms with Gasteiger partial charge in [0.25, 0.3) is 5.91 Å². The average Bonchev–Trinajstić information content (AvgIpc) is 3.08. The summed E-state index contributed by atoms with van der Waals surface area (Å²) in [4.78, 5) is 16.5. The zero-order chi connectivity index (χ0) is 18.0. The Balaban J connectivity index is 1.78. The van der Waals surface area contributed by atoms with Gasteiger partial charge in [0.05, 0.1) is 22.2 Å². The zero-order valence-electron chi connectivity index (χ0n) is 12.8. The van der Waals surface area contributed by atoms with Crippen LogP contribution in [0.25, 0.3) is 11.5 Å². The van der Waals surface area contributed by atoms with Crippen molar-refractivity contribution in [3.05, 3.63) is 63.4 Å². The number of nitrogens with one attached hydrogen (secondary N) is 1. The van der Waals surface area contributed by atoms with Gasteiger partial charge in [-0.1, -0.05) is 34.8 Å². The monoisotopic (exact) mass is 396 g/mol. The van der Waals surface area contributed by atoms with Gasteiger partial charge in [-0.05, 0) is 36.4 Å². The van der Waals surface area contributed by atoms with Crippen LogP contribution in [-0.4, -0.2) is 18.0 Å². The van der Waals surface area contributed by atoms with Gasteiger partial charge in [0.2, 0.25) is 5.89 Å². The SMILES string of the molecule is COc1ccc(NC(=O)c2coc(-c3ccc(Cl)c(Cl)c3)n2)cc1Cl. The maximum absolute atomic E-state index is 12.3. The number of amides is 1. The summed E-state index contributed by atoms with van der Waals surface area (Å²) in [6.45, 7) is 0. The van der Waals surface area contributed by atoms with E-state index in [-0.39, 0.29) is 11.6 Å². The maximum Gasteiger partial charge on any atom is 0.277 e. The molecule has 0 radical (unpaired) electrons. The minimum Gasteiger partial charge on any atom is -0.495 e. The Morgan fingerprint density at radius 3 is 2.56 bits per heavy atom. The minimum absolute atomic E-state index is 0.119. The van der Waals surface area contributed by atoms with Gasteiger partial charge in [0, 0.05) is 11.3 Å². The van der Waals surface area contributed by atoms with Crippen LogP contribution >= 0.6 is 34.8 Å². The molecule has 0 spiro atoms. The predicted octanol–water partition coefficient (Wildman–Crippen LogP) is 5.56. The first-order valence-electron chi connectivity index (χ1n) is 7.04. The lowest BCUT2D eigenvalue weighted by Gasteiger charge is -2.06. The summed E-state index contributed by atoms with van der Waals surface area (Å²) < 4.78 is 10.4. The van der Waals surface area contributed by atoms with Crippen molar-refractivity contribution in [2.75, 3.05) is 12.4 Å². The molecule has 0 aliphatic heterocycles. The molecule has 128 valence electrons. The largest absolute Gasteiger partial charge is 0.495 e. The van der Waals surface area contributed by atoms with Gasteiger partial charge in [-0.25, -0.2) is 4.98 Å². The Hall–Kier alpha value is -2.21. The molecular formula is C17H11Cl3N2O3. The van der Waals surface area contributed by atoms with E-state index in [2.05, 4.69) is 10.3 Å². The second kappa shape index (κ2) is 7.35. The molecule has 0 saturated heterocycles. The van der Waals surface area contributed by atoms with E-state index in [1.54, 1.807) is 36.4 Å². The minimum atomic E-state index is -0.434. The molecule has 0 saturated carbocycles. The Morgan fingerprint density at radius 1 is 1.08 bits per heavy atom. The van der Waals surface area contributed by atoms with Crippen molar-refractivity contribution in [3.63, 3.8) is 0 Å². The second-order valence-electron chi connectivity index (χ2n) is 4.97. The number of rotatable bonds is 4. The van der Waals surface area contributed by atoms with Crippen LogP contribution in [0.5, 0.6) is 5.75 Å². The van der Waals surface area contributed by atoms with Crippen molar-refractivity contribution in [3.8, 4) is 17.2 Å². The Morgan fingerprint density at radius 2 is 1.88 bits per heavy atom. The average molecular weight is 398 g/mol. The summed E-state index contributed by atoms with van der Waals surface area (Å²) in [6.07, 6.45) is 1.26. The fourth-order valence-electron chi connectivity index (χ4n) is 2.08. The van der Waals surface area contributed by atoms with E-state index in [0.717, 1.165) is 0 Å². The summed E-state index contributed by atoms with van der Waals surface area (Å²) in [5, 5.41) is 3.87. The number of oxazole rings is 1. The number of hydrogen-bond acceptors (Lipinski definition) is 4. The van der Waals surface area contributed by atoms with Crippen LogP contribution in [0, 0.1) is 0 Å². The van der Waals surface area contributed by atoms with E-state index in [1.165, 1.54) is 13.4 Å².